The summed E-state index contributed by atoms with van der Waals surface area (Å²) in [6.45, 7) is 0.538. The fraction of sp³-hybridized carbons (Fsp3) is 0.440. The summed E-state index contributed by atoms with van der Waals surface area (Å²) in [6, 6.07) is 11.2. The van der Waals surface area contributed by atoms with Gasteiger partial charge in [0.15, 0.2) is 0 Å². The number of alkyl halides is 3. The van der Waals surface area contributed by atoms with E-state index in [0.29, 0.717) is 30.7 Å². The number of nitrogens with zero attached hydrogens (tertiary/aromatic N) is 1. The molecular weight excluding hydrogens is 439 g/mol. The molecule has 2 unspecified atom stereocenters. The van der Waals surface area contributed by atoms with Gasteiger partial charge in [-0.05, 0) is 74.3 Å². The molecule has 2 atom stereocenters. The van der Waals surface area contributed by atoms with Gasteiger partial charge in [0.25, 0.3) is 0 Å². The van der Waals surface area contributed by atoms with Crippen molar-refractivity contribution in [3.05, 3.63) is 69.8 Å². The lowest BCUT2D eigenvalue weighted by Crippen LogP contribution is -2.41. The topological polar surface area (TPSA) is 32.7 Å². The Kier molecular flexibility index (Phi) is 7.58. The number of ether oxygens (including phenoxy) is 1. The zero-order valence-corrected chi connectivity index (χ0v) is 19.3. The molecule has 1 N–H and O–H groups in total. The van der Waals surface area contributed by atoms with E-state index in [1.165, 1.54) is 12.1 Å². The van der Waals surface area contributed by atoms with Gasteiger partial charge in [0.1, 0.15) is 11.4 Å². The molecule has 0 spiro atoms. The molecule has 3 nitrogen and oxygen atoms in total. The third-order valence-electron chi connectivity index (χ3n) is 6.06. The van der Waals surface area contributed by atoms with E-state index in [9.17, 15) is 18.3 Å². The van der Waals surface area contributed by atoms with Crippen molar-refractivity contribution in [1.82, 2.24) is 4.90 Å². The van der Waals surface area contributed by atoms with Gasteiger partial charge in [-0.3, -0.25) is 0 Å². The first-order chi connectivity index (χ1) is 15.1. The minimum atomic E-state index is -4.61. The van der Waals surface area contributed by atoms with Crippen LogP contribution in [-0.2, 0) is 11.8 Å². The van der Waals surface area contributed by atoms with Crippen molar-refractivity contribution in [3.8, 4) is 5.75 Å². The summed E-state index contributed by atoms with van der Waals surface area (Å²) in [4.78, 5) is 1.96. The predicted molar refractivity (Wildman–Crippen MR) is 122 cm³/mol. The lowest BCUT2D eigenvalue weighted by molar-refractivity contribution is -0.137. The quantitative estimate of drug-likeness (QED) is 0.517. The molecule has 0 aromatic heterocycles. The highest BCUT2D eigenvalue weighted by Crippen LogP contribution is 2.47. The average Bonchev–Trinajstić information content (AvgIpc) is 2.87. The molecule has 0 radical (unpaired) electrons. The van der Waals surface area contributed by atoms with E-state index >= 15 is 0 Å². The smallest absolute Gasteiger partial charge is 0.417 e. The monoisotopic (exact) mass is 467 g/mol. The summed E-state index contributed by atoms with van der Waals surface area (Å²) in [5.74, 6) is 0.395. The van der Waals surface area contributed by atoms with Crippen LogP contribution in [0.3, 0.4) is 0 Å². The number of hydrogen-bond donors (Lipinski definition) is 1. The lowest BCUT2D eigenvalue weighted by atomic mass is 9.73. The normalized spacial score (nSPS) is 23.4. The van der Waals surface area contributed by atoms with Gasteiger partial charge in [0.2, 0.25) is 0 Å². The molecule has 1 fully saturated rings. The molecular formula is C25H29ClF3NO2. The summed E-state index contributed by atoms with van der Waals surface area (Å²) in [5.41, 5.74) is -0.747. The fourth-order valence-electron chi connectivity index (χ4n) is 4.55. The highest BCUT2D eigenvalue weighted by atomic mass is 35.5. The first-order valence-electron chi connectivity index (χ1n) is 10.6. The van der Waals surface area contributed by atoms with E-state index in [1.54, 1.807) is 7.11 Å². The van der Waals surface area contributed by atoms with Crippen LogP contribution in [0.2, 0.25) is 5.02 Å². The molecule has 1 aliphatic carbocycles. The van der Waals surface area contributed by atoms with Crippen LogP contribution in [0.25, 0.3) is 6.08 Å². The molecule has 0 saturated heterocycles. The van der Waals surface area contributed by atoms with Gasteiger partial charge in [-0.25, -0.2) is 0 Å². The molecule has 3 rings (SSSR count). The van der Waals surface area contributed by atoms with E-state index in [-0.39, 0.29) is 16.5 Å². The van der Waals surface area contributed by atoms with Gasteiger partial charge in [-0.2, -0.15) is 13.2 Å². The SMILES string of the molecule is COc1cccc(/C=C2\CCCCC(CN(C)C)C2(O)c2ccc(Cl)c(C(F)(F)F)c2)c1. The van der Waals surface area contributed by atoms with Crippen LogP contribution in [-0.4, -0.2) is 37.8 Å². The molecule has 0 aliphatic heterocycles. The Balaban J connectivity index is 2.22. The van der Waals surface area contributed by atoms with E-state index < -0.39 is 17.3 Å². The summed E-state index contributed by atoms with van der Waals surface area (Å²) in [5, 5.41) is 11.8. The Bertz CT molecular complexity index is 974. The Morgan fingerprint density at radius 2 is 1.94 bits per heavy atom. The van der Waals surface area contributed by atoms with E-state index in [2.05, 4.69) is 0 Å². The summed E-state index contributed by atoms with van der Waals surface area (Å²) >= 11 is 5.88. The first-order valence-corrected chi connectivity index (χ1v) is 11.0. The van der Waals surface area contributed by atoms with Crippen molar-refractivity contribution >= 4 is 17.7 Å². The summed E-state index contributed by atoms with van der Waals surface area (Å²) < 4.78 is 46.2. The van der Waals surface area contributed by atoms with Crippen molar-refractivity contribution in [2.75, 3.05) is 27.7 Å². The van der Waals surface area contributed by atoms with Crippen molar-refractivity contribution in [3.63, 3.8) is 0 Å². The number of methoxy groups -OCH3 is 1. The van der Waals surface area contributed by atoms with Gasteiger partial charge in [-0.15, -0.1) is 0 Å². The molecule has 0 heterocycles. The maximum Gasteiger partial charge on any atom is 0.417 e. The fourth-order valence-corrected chi connectivity index (χ4v) is 4.77. The minimum absolute atomic E-state index is 0.220. The lowest BCUT2D eigenvalue weighted by Gasteiger charge is -2.39. The second-order valence-corrected chi connectivity index (χ2v) is 9.02. The van der Waals surface area contributed by atoms with Gasteiger partial charge in [-0.1, -0.05) is 42.3 Å². The van der Waals surface area contributed by atoms with Gasteiger partial charge >= 0.3 is 6.18 Å². The van der Waals surface area contributed by atoms with Crippen LogP contribution in [0.1, 0.15) is 42.4 Å². The second kappa shape index (κ2) is 9.86. The van der Waals surface area contributed by atoms with E-state index in [4.69, 9.17) is 16.3 Å². The van der Waals surface area contributed by atoms with Gasteiger partial charge < -0.3 is 14.7 Å². The number of aliphatic hydroxyl groups is 1. The number of hydrogen-bond acceptors (Lipinski definition) is 3. The summed E-state index contributed by atoms with van der Waals surface area (Å²) in [6.07, 6.45) is 0.299. The highest BCUT2D eigenvalue weighted by molar-refractivity contribution is 6.31. The zero-order valence-electron chi connectivity index (χ0n) is 18.5. The molecule has 2 aromatic rings. The Labute approximate surface area is 192 Å². The first kappa shape index (κ1) is 24.6. The van der Waals surface area contributed by atoms with Crippen LogP contribution in [0.15, 0.2) is 48.0 Å². The second-order valence-electron chi connectivity index (χ2n) is 8.61. The largest absolute Gasteiger partial charge is 0.497 e. The molecule has 7 heteroatoms. The standard InChI is InChI=1S/C25H29ClF3NO2/c1-30(2)16-20-9-5-4-8-18(13-17-7-6-10-21(14-17)32-3)24(20,31)19-11-12-23(26)22(15-19)25(27,28)29/h6-7,10-15,20,31H,4-5,8-9,16H2,1-3H3/b18-13+. The molecule has 174 valence electrons. The number of halogens is 4. The van der Waals surface area contributed by atoms with E-state index in [0.717, 1.165) is 24.5 Å². The van der Waals surface area contributed by atoms with Crippen LogP contribution in [0.5, 0.6) is 5.75 Å². The maximum absolute atomic E-state index is 13.6. The molecule has 1 saturated carbocycles. The average molecular weight is 468 g/mol. The predicted octanol–water partition coefficient (Wildman–Crippen LogP) is 6.39. The van der Waals surface area contributed by atoms with Crippen LogP contribution >= 0.6 is 11.6 Å². The Hall–Kier alpha value is -2.02. The molecule has 1 aliphatic rings. The highest BCUT2D eigenvalue weighted by Gasteiger charge is 2.44. The van der Waals surface area contributed by atoms with E-state index in [1.807, 2.05) is 49.3 Å². The van der Waals surface area contributed by atoms with Crippen LogP contribution < -0.4 is 4.74 Å². The zero-order chi connectivity index (χ0) is 23.5. The van der Waals surface area contributed by atoms with Crippen molar-refractivity contribution < 1.29 is 23.0 Å². The van der Waals surface area contributed by atoms with Crippen molar-refractivity contribution in [2.45, 2.75) is 37.5 Å². The number of benzene rings is 2. The molecule has 32 heavy (non-hydrogen) atoms. The Morgan fingerprint density at radius 1 is 1.19 bits per heavy atom. The van der Waals surface area contributed by atoms with Crippen molar-refractivity contribution in [2.24, 2.45) is 5.92 Å². The Morgan fingerprint density at radius 3 is 2.59 bits per heavy atom. The minimum Gasteiger partial charge on any atom is -0.497 e. The molecule has 0 amide bonds. The molecule has 2 aromatic carbocycles. The van der Waals surface area contributed by atoms with Crippen molar-refractivity contribution in [1.29, 1.82) is 0 Å². The van der Waals surface area contributed by atoms with Crippen LogP contribution in [0.4, 0.5) is 13.2 Å². The summed E-state index contributed by atoms with van der Waals surface area (Å²) in [7, 11) is 5.38. The van der Waals surface area contributed by atoms with Gasteiger partial charge in [0, 0.05) is 12.5 Å². The van der Waals surface area contributed by atoms with Gasteiger partial charge in [0.05, 0.1) is 17.7 Å². The molecule has 0 bridgehead atoms. The third-order valence-corrected chi connectivity index (χ3v) is 6.39. The number of rotatable bonds is 5. The maximum atomic E-state index is 13.6. The third kappa shape index (κ3) is 5.30. The van der Waals surface area contributed by atoms with Crippen LogP contribution in [0, 0.1) is 5.92 Å².